The van der Waals surface area contributed by atoms with E-state index < -0.39 is 10.8 Å². The normalized spacial score (nSPS) is 31.2. The van der Waals surface area contributed by atoms with Gasteiger partial charge in [0.2, 0.25) is 0 Å². The van der Waals surface area contributed by atoms with Crippen LogP contribution in [0.2, 0.25) is 0 Å². The average Bonchev–Trinajstić information content (AvgIpc) is 2.45. The summed E-state index contributed by atoms with van der Waals surface area (Å²) in [6, 6.07) is 0. The molecule has 1 atom stereocenters. The van der Waals surface area contributed by atoms with Crippen LogP contribution in [0.3, 0.4) is 0 Å². The Kier molecular flexibility index (Phi) is 3.20. The molecule has 0 aliphatic carbocycles. The van der Waals surface area contributed by atoms with E-state index >= 15 is 0 Å². The Morgan fingerprint density at radius 3 is 2.83 bits per heavy atom. The number of nitrogens with zero attached hydrogens (tertiary/aromatic N) is 1. The Bertz CT molecular complexity index is 266. The third-order valence-electron chi connectivity index (χ3n) is 2.20. The second-order valence-corrected chi connectivity index (χ2v) is 4.44. The molecule has 0 bridgehead atoms. The molecule has 1 rings (SSSR count). The molecule has 1 fully saturated rings. The number of allylic oxidation sites excluding steroid dienone is 2. The van der Waals surface area contributed by atoms with Crippen molar-refractivity contribution < 1.29 is 4.21 Å². The van der Waals surface area contributed by atoms with Gasteiger partial charge in [0.15, 0.2) is 0 Å². The number of aliphatic imine (C=N–C) groups is 1. The largest absolute Gasteiger partial charge is 0.292 e. The summed E-state index contributed by atoms with van der Waals surface area (Å²) in [4.78, 5) is 5.17. The van der Waals surface area contributed by atoms with Gasteiger partial charge in [-0.2, -0.15) is 0 Å². The zero-order chi connectivity index (χ0) is 9.14. The lowest BCUT2D eigenvalue weighted by molar-refractivity contribution is 0.689. The average molecular weight is 185 g/mol. The lowest BCUT2D eigenvalue weighted by Gasteiger charge is -2.02. The van der Waals surface area contributed by atoms with Gasteiger partial charge >= 0.3 is 0 Å². The Labute approximate surface area is 76.2 Å². The molecule has 68 valence electrons. The molecule has 1 saturated heterocycles. The van der Waals surface area contributed by atoms with E-state index in [-0.39, 0.29) is 0 Å². The number of hydrogen-bond donors (Lipinski definition) is 0. The van der Waals surface area contributed by atoms with Crippen LogP contribution in [0, 0.1) is 0 Å². The van der Waals surface area contributed by atoms with Crippen LogP contribution in [0.4, 0.5) is 0 Å². The topological polar surface area (TPSA) is 29.4 Å². The maximum absolute atomic E-state index is 11.5. The Balaban J connectivity index is 3.08. The van der Waals surface area contributed by atoms with Crippen LogP contribution < -0.4 is 0 Å². The SMILES string of the molecule is CCC(C)=C1C(=NC)CCS1=O. The molecule has 0 spiro atoms. The zero-order valence-electron chi connectivity index (χ0n) is 7.89. The van der Waals surface area contributed by atoms with Gasteiger partial charge in [-0.3, -0.25) is 9.20 Å². The van der Waals surface area contributed by atoms with Gasteiger partial charge in [-0.25, -0.2) is 0 Å². The molecule has 12 heavy (non-hydrogen) atoms. The van der Waals surface area contributed by atoms with Gasteiger partial charge in [0.1, 0.15) is 0 Å². The fourth-order valence-corrected chi connectivity index (χ4v) is 2.92. The number of hydrogen-bond acceptors (Lipinski definition) is 2. The number of rotatable bonds is 1. The molecule has 1 aliphatic rings. The van der Waals surface area contributed by atoms with Crippen LogP contribution >= 0.6 is 0 Å². The summed E-state index contributed by atoms with van der Waals surface area (Å²) in [6.07, 6.45) is 1.86. The quantitative estimate of drug-likeness (QED) is 0.613. The van der Waals surface area contributed by atoms with Crippen molar-refractivity contribution >= 4 is 16.5 Å². The summed E-state index contributed by atoms with van der Waals surface area (Å²) in [5, 5.41) is 0. The van der Waals surface area contributed by atoms with Crippen molar-refractivity contribution in [2.45, 2.75) is 26.7 Å². The molecule has 0 radical (unpaired) electrons. The van der Waals surface area contributed by atoms with Crippen molar-refractivity contribution in [1.82, 2.24) is 0 Å². The molecule has 0 aromatic rings. The predicted octanol–water partition coefficient (Wildman–Crippen LogP) is 1.89. The lowest BCUT2D eigenvalue weighted by atomic mass is 10.1. The summed E-state index contributed by atoms with van der Waals surface area (Å²) in [5.41, 5.74) is 2.28. The highest BCUT2D eigenvalue weighted by Gasteiger charge is 2.23. The Hall–Kier alpha value is -0.440. The highest BCUT2D eigenvalue weighted by molar-refractivity contribution is 7.90. The van der Waals surface area contributed by atoms with Gasteiger partial charge in [0.05, 0.1) is 21.4 Å². The van der Waals surface area contributed by atoms with Crippen LogP contribution in [0.5, 0.6) is 0 Å². The van der Waals surface area contributed by atoms with Crippen molar-refractivity contribution in [3.05, 3.63) is 10.5 Å². The standard InChI is InChI=1S/C9H15NOS/c1-4-7(2)9-8(10-3)5-6-12(9)11/h4-6H2,1-3H3. The van der Waals surface area contributed by atoms with E-state index in [1.54, 1.807) is 7.05 Å². The van der Waals surface area contributed by atoms with Gasteiger partial charge in [-0.15, -0.1) is 0 Å². The maximum Gasteiger partial charge on any atom is 0.0587 e. The van der Waals surface area contributed by atoms with Gasteiger partial charge in [-0.05, 0) is 13.3 Å². The summed E-state index contributed by atoms with van der Waals surface area (Å²) in [6.45, 7) is 4.13. The molecule has 0 aromatic carbocycles. The fraction of sp³-hybridized carbons (Fsp3) is 0.667. The minimum absolute atomic E-state index is 0.763. The first-order valence-electron chi connectivity index (χ1n) is 4.24. The fourth-order valence-electron chi connectivity index (χ4n) is 1.35. The third kappa shape index (κ3) is 1.66. The monoisotopic (exact) mass is 185 g/mol. The van der Waals surface area contributed by atoms with Crippen molar-refractivity contribution in [3.8, 4) is 0 Å². The van der Waals surface area contributed by atoms with E-state index in [0.29, 0.717) is 0 Å². The van der Waals surface area contributed by atoms with Crippen LogP contribution in [0.1, 0.15) is 26.7 Å². The molecular formula is C9H15NOS. The van der Waals surface area contributed by atoms with Gasteiger partial charge in [0, 0.05) is 19.2 Å². The molecule has 0 saturated carbocycles. The highest BCUT2D eigenvalue weighted by atomic mass is 32.2. The second-order valence-electron chi connectivity index (χ2n) is 2.93. The summed E-state index contributed by atoms with van der Waals surface area (Å²) < 4.78 is 11.5. The zero-order valence-corrected chi connectivity index (χ0v) is 8.70. The third-order valence-corrected chi connectivity index (χ3v) is 3.82. The van der Waals surface area contributed by atoms with E-state index in [0.717, 1.165) is 29.2 Å². The first-order valence-corrected chi connectivity index (χ1v) is 5.56. The summed E-state index contributed by atoms with van der Waals surface area (Å²) in [5.74, 6) is 0.763. The minimum Gasteiger partial charge on any atom is -0.292 e. The van der Waals surface area contributed by atoms with E-state index in [2.05, 4.69) is 11.9 Å². The summed E-state index contributed by atoms with van der Waals surface area (Å²) in [7, 11) is 1.01. The predicted molar refractivity (Wildman–Crippen MR) is 54.0 cm³/mol. The van der Waals surface area contributed by atoms with Crippen molar-refractivity contribution in [3.63, 3.8) is 0 Å². The summed E-state index contributed by atoms with van der Waals surface area (Å²) >= 11 is 0. The Morgan fingerprint density at radius 2 is 2.33 bits per heavy atom. The van der Waals surface area contributed by atoms with E-state index in [9.17, 15) is 4.21 Å². The van der Waals surface area contributed by atoms with Crippen LogP contribution in [0.25, 0.3) is 0 Å². The van der Waals surface area contributed by atoms with E-state index in [1.807, 2.05) is 6.92 Å². The molecule has 1 aliphatic heterocycles. The molecule has 1 unspecified atom stereocenters. The molecule has 0 N–H and O–H groups in total. The first-order chi connectivity index (χ1) is 5.70. The highest BCUT2D eigenvalue weighted by Crippen LogP contribution is 2.22. The molecule has 0 amide bonds. The van der Waals surface area contributed by atoms with Crippen molar-refractivity contribution in [2.75, 3.05) is 12.8 Å². The second kappa shape index (κ2) is 3.99. The molecule has 2 nitrogen and oxygen atoms in total. The van der Waals surface area contributed by atoms with E-state index in [1.165, 1.54) is 5.57 Å². The van der Waals surface area contributed by atoms with Gasteiger partial charge in [-0.1, -0.05) is 12.5 Å². The van der Waals surface area contributed by atoms with Gasteiger partial charge < -0.3 is 0 Å². The van der Waals surface area contributed by atoms with E-state index in [4.69, 9.17) is 0 Å². The minimum atomic E-state index is -0.772. The van der Waals surface area contributed by atoms with Crippen LogP contribution in [-0.2, 0) is 10.8 Å². The first kappa shape index (κ1) is 9.65. The van der Waals surface area contributed by atoms with Gasteiger partial charge in [0.25, 0.3) is 0 Å². The maximum atomic E-state index is 11.5. The van der Waals surface area contributed by atoms with Crippen LogP contribution in [0.15, 0.2) is 15.5 Å². The van der Waals surface area contributed by atoms with Crippen molar-refractivity contribution in [1.29, 1.82) is 0 Å². The lowest BCUT2D eigenvalue weighted by Crippen LogP contribution is -1.99. The smallest absolute Gasteiger partial charge is 0.0587 e. The van der Waals surface area contributed by atoms with Crippen molar-refractivity contribution in [2.24, 2.45) is 4.99 Å². The molecule has 0 aromatic heterocycles. The molecular weight excluding hydrogens is 170 g/mol. The molecule has 3 heteroatoms. The van der Waals surface area contributed by atoms with Crippen LogP contribution in [-0.4, -0.2) is 22.7 Å². The Morgan fingerprint density at radius 1 is 1.67 bits per heavy atom. The molecule has 1 heterocycles.